The summed E-state index contributed by atoms with van der Waals surface area (Å²) in [5, 5.41) is 9.01. The number of amides is 1. The van der Waals surface area contributed by atoms with E-state index < -0.39 is 11.9 Å². The third-order valence-corrected chi connectivity index (χ3v) is 2.79. The molecule has 0 aromatic heterocycles. The summed E-state index contributed by atoms with van der Waals surface area (Å²) in [6.45, 7) is 7.73. The fourth-order valence-electron chi connectivity index (χ4n) is 2.16. The molecule has 1 unspecified atom stereocenters. The molecule has 0 aliphatic heterocycles. The van der Waals surface area contributed by atoms with E-state index in [-0.39, 0.29) is 23.6 Å². The van der Waals surface area contributed by atoms with Crippen LogP contribution in [-0.4, -0.2) is 34.0 Å². The van der Waals surface area contributed by atoms with E-state index in [4.69, 9.17) is 5.11 Å². The van der Waals surface area contributed by atoms with Crippen LogP contribution in [0.2, 0.25) is 0 Å². The molecule has 1 aliphatic rings. The first-order valence-electron chi connectivity index (χ1n) is 5.80. The van der Waals surface area contributed by atoms with Gasteiger partial charge in [0.25, 0.3) is 0 Å². The van der Waals surface area contributed by atoms with Crippen molar-refractivity contribution in [2.75, 3.05) is 0 Å². The minimum atomic E-state index is -1.03. The molecule has 0 radical (unpaired) electrons. The first-order valence-corrected chi connectivity index (χ1v) is 5.80. The van der Waals surface area contributed by atoms with Crippen molar-refractivity contribution in [2.24, 2.45) is 5.92 Å². The topological polar surface area (TPSA) is 57.6 Å². The van der Waals surface area contributed by atoms with Crippen molar-refractivity contribution in [3.05, 3.63) is 23.8 Å². The number of carbonyl (C=O) groups excluding carboxylic acids is 1. The van der Waals surface area contributed by atoms with Gasteiger partial charge in [-0.3, -0.25) is 4.79 Å². The summed E-state index contributed by atoms with van der Waals surface area (Å²) in [7, 11) is 0. The lowest BCUT2D eigenvalue weighted by molar-refractivity contribution is -0.140. The van der Waals surface area contributed by atoms with E-state index in [1.54, 1.807) is 17.1 Å². The zero-order chi connectivity index (χ0) is 13.2. The molecule has 1 N–H and O–H groups in total. The third-order valence-electron chi connectivity index (χ3n) is 2.79. The Labute approximate surface area is 102 Å². The molecule has 0 spiro atoms. The minimum absolute atomic E-state index is 0.0616. The van der Waals surface area contributed by atoms with Gasteiger partial charge in [0.05, 0.1) is 11.5 Å². The number of hydrogen-bond acceptors (Lipinski definition) is 2. The molecule has 1 atom stereocenters. The second kappa shape index (κ2) is 5.17. The highest BCUT2D eigenvalue weighted by Gasteiger charge is 2.33. The smallest absolute Gasteiger partial charge is 0.332 e. The van der Waals surface area contributed by atoms with E-state index in [0.717, 1.165) is 0 Å². The maximum absolute atomic E-state index is 12.3. The zero-order valence-electron chi connectivity index (χ0n) is 10.7. The number of hydrogen-bond donors (Lipinski definition) is 1. The molecule has 1 aliphatic carbocycles. The quantitative estimate of drug-likeness (QED) is 0.811. The summed E-state index contributed by atoms with van der Waals surface area (Å²) in [5.41, 5.74) is 0.154. The average molecular weight is 237 g/mol. The Kier molecular flexibility index (Phi) is 4.10. The molecule has 0 bridgehead atoms. The van der Waals surface area contributed by atoms with Crippen LogP contribution in [-0.2, 0) is 9.59 Å². The molecule has 0 saturated heterocycles. The van der Waals surface area contributed by atoms with Crippen molar-refractivity contribution in [3.63, 3.8) is 0 Å². The van der Waals surface area contributed by atoms with Crippen molar-refractivity contribution >= 4 is 11.9 Å². The van der Waals surface area contributed by atoms with Gasteiger partial charge in [-0.15, -0.1) is 0 Å². The van der Waals surface area contributed by atoms with Gasteiger partial charge in [-0.2, -0.15) is 0 Å². The lowest BCUT2D eigenvalue weighted by atomic mass is 9.99. The number of carboxylic acids is 1. The van der Waals surface area contributed by atoms with E-state index >= 15 is 0 Å². The number of rotatable bonds is 4. The summed E-state index contributed by atoms with van der Waals surface area (Å²) in [4.78, 5) is 25.0. The summed E-state index contributed by atoms with van der Waals surface area (Å²) >= 11 is 0. The van der Waals surface area contributed by atoms with E-state index in [0.29, 0.717) is 0 Å². The van der Waals surface area contributed by atoms with Gasteiger partial charge in [0, 0.05) is 12.1 Å². The van der Waals surface area contributed by atoms with Crippen LogP contribution in [0.15, 0.2) is 23.8 Å². The molecule has 0 aromatic rings. The molecule has 4 nitrogen and oxygen atoms in total. The summed E-state index contributed by atoms with van der Waals surface area (Å²) < 4.78 is 0. The maximum atomic E-state index is 12.3. The molecule has 0 saturated carbocycles. The Morgan fingerprint density at radius 1 is 1.24 bits per heavy atom. The van der Waals surface area contributed by atoms with Crippen LogP contribution in [0.5, 0.6) is 0 Å². The predicted molar refractivity (Wildman–Crippen MR) is 65.5 cm³/mol. The Bertz CT molecular complexity index is 372. The van der Waals surface area contributed by atoms with Crippen molar-refractivity contribution in [1.29, 1.82) is 0 Å². The lowest BCUT2D eigenvalue weighted by Crippen LogP contribution is -2.45. The minimum Gasteiger partial charge on any atom is -0.478 e. The summed E-state index contributed by atoms with van der Waals surface area (Å²) in [5.74, 6) is -1.81. The second-order valence-corrected chi connectivity index (χ2v) is 4.72. The van der Waals surface area contributed by atoms with E-state index in [1.807, 2.05) is 27.7 Å². The fraction of sp³-hybridized carbons (Fsp3) is 0.538. The number of carboxylic acid groups (broad SMARTS) is 1. The molecule has 0 fully saturated rings. The second-order valence-electron chi connectivity index (χ2n) is 4.72. The van der Waals surface area contributed by atoms with Gasteiger partial charge < -0.3 is 10.0 Å². The number of allylic oxidation sites excluding steroid dienone is 2. The van der Waals surface area contributed by atoms with E-state index in [1.165, 1.54) is 6.08 Å². The predicted octanol–water partition coefficient (Wildman–Crippen LogP) is 1.83. The van der Waals surface area contributed by atoms with Gasteiger partial charge in [-0.05, 0) is 27.7 Å². The van der Waals surface area contributed by atoms with Gasteiger partial charge in [0.2, 0.25) is 5.91 Å². The maximum Gasteiger partial charge on any atom is 0.332 e. The molecule has 1 amide bonds. The Morgan fingerprint density at radius 3 is 2.18 bits per heavy atom. The molecular weight excluding hydrogens is 218 g/mol. The van der Waals surface area contributed by atoms with Crippen LogP contribution in [0.25, 0.3) is 0 Å². The highest BCUT2D eigenvalue weighted by molar-refractivity contribution is 5.98. The molecule has 0 heterocycles. The van der Waals surface area contributed by atoms with Gasteiger partial charge in [-0.1, -0.05) is 18.2 Å². The Hall–Kier alpha value is -1.58. The Morgan fingerprint density at radius 2 is 1.76 bits per heavy atom. The first-order chi connectivity index (χ1) is 7.86. The van der Waals surface area contributed by atoms with Gasteiger partial charge in [0.1, 0.15) is 0 Å². The molecule has 94 valence electrons. The standard InChI is InChI=1S/C13H19NO3/c1-8(2)14(9(3)4)12(15)10-6-5-7-11(10)13(16)17/h5-10H,1-4H3,(H,16,17). The van der Waals surface area contributed by atoms with Crippen molar-refractivity contribution in [3.8, 4) is 0 Å². The molecule has 4 heteroatoms. The normalized spacial score (nSPS) is 18.7. The first kappa shape index (κ1) is 13.5. The highest BCUT2D eigenvalue weighted by atomic mass is 16.4. The van der Waals surface area contributed by atoms with Crippen LogP contribution in [0.4, 0.5) is 0 Å². The lowest BCUT2D eigenvalue weighted by Gasteiger charge is -2.33. The molecule has 17 heavy (non-hydrogen) atoms. The van der Waals surface area contributed by atoms with Crippen LogP contribution in [0.3, 0.4) is 0 Å². The Balaban J connectivity index is 2.93. The summed E-state index contributed by atoms with van der Waals surface area (Å²) in [6.07, 6.45) is 4.76. The third kappa shape index (κ3) is 2.75. The van der Waals surface area contributed by atoms with Crippen LogP contribution >= 0.6 is 0 Å². The molecular formula is C13H19NO3. The SMILES string of the molecule is CC(C)N(C(=O)C1C=CC=C1C(=O)O)C(C)C. The van der Waals surface area contributed by atoms with Crippen molar-refractivity contribution < 1.29 is 14.7 Å². The zero-order valence-corrected chi connectivity index (χ0v) is 10.7. The van der Waals surface area contributed by atoms with Gasteiger partial charge in [-0.25, -0.2) is 4.79 Å². The number of aliphatic carboxylic acids is 1. The summed E-state index contributed by atoms with van der Waals surface area (Å²) in [6, 6.07) is 0.123. The van der Waals surface area contributed by atoms with E-state index in [9.17, 15) is 9.59 Å². The van der Waals surface area contributed by atoms with Gasteiger partial charge >= 0.3 is 5.97 Å². The van der Waals surface area contributed by atoms with E-state index in [2.05, 4.69) is 0 Å². The van der Waals surface area contributed by atoms with Gasteiger partial charge in [0.15, 0.2) is 0 Å². The average Bonchev–Trinajstić information content (AvgIpc) is 2.63. The van der Waals surface area contributed by atoms with Crippen molar-refractivity contribution in [1.82, 2.24) is 4.90 Å². The number of nitrogens with zero attached hydrogens (tertiary/aromatic N) is 1. The molecule has 0 aromatic carbocycles. The molecule has 1 rings (SSSR count). The van der Waals surface area contributed by atoms with Crippen molar-refractivity contribution in [2.45, 2.75) is 39.8 Å². The largest absolute Gasteiger partial charge is 0.478 e. The van der Waals surface area contributed by atoms with Crippen LogP contribution < -0.4 is 0 Å². The highest BCUT2D eigenvalue weighted by Crippen LogP contribution is 2.24. The van der Waals surface area contributed by atoms with Crippen LogP contribution in [0.1, 0.15) is 27.7 Å². The fourth-order valence-corrected chi connectivity index (χ4v) is 2.16. The number of carbonyl (C=O) groups is 2. The van der Waals surface area contributed by atoms with Crippen LogP contribution in [0, 0.1) is 5.92 Å². The monoisotopic (exact) mass is 237 g/mol.